The van der Waals surface area contributed by atoms with E-state index in [2.05, 4.69) is 26.9 Å². The molecule has 130 valence electrons. The van der Waals surface area contributed by atoms with Crippen LogP contribution in [-0.2, 0) is 12.0 Å². The molecule has 2 unspecified atom stereocenters. The van der Waals surface area contributed by atoms with Crippen LogP contribution in [0.15, 0.2) is 22.7 Å². The number of rotatable bonds is 3. The molecule has 0 aromatic heterocycles. The van der Waals surface area contributed by atoms with Crippen molar-refractivity contribution in [2.75, 3.05) is 26.8 Å². The van der Waals surface area contributed by atoms with Crippen molar-refractivity contribution >= 4 is 15.9 Å². The van der Waals surface area contributed by atoms with Crippen LogP contribution < -0.4 is 9.47 Å². The zero-order valence-corrected chi connectivity index (χ0v) is 15.3. The first kappa shape index (κ1) is 16.4. The van der Waals surface area contributed by atoms with Crippen LogP contribution in [0.4, 0.5) is 0 Å². The summed E-state index contributed by atoms with van der Waals surface area (Å²) in [5, 5.41) is 19.4. The number of benzene rings is 1. The largest absolute Gasteiger partial charge is 0.493 e. The summed E-state index contributed by atoms with van der Waals surface area (Å²) in [6.07, 6.45) is 4.98. The molecule has 5 nitrogen and oxygen atoms in total. The van der Waals surface area contributed by atoms with E-state index in [1.54, 1.807) is 7.11 Å². The van der Waals surface area contributed by atoms with Crippen LogP contribution in [0.5, 0.6) is 11.5 Å². The van der Waals surface area contributed by atoms with Gasteiger partial charge in [-0.3, -0.25) is 4.90 Å². The Hall–Kier alpha value is -1.08. The van der Waals surface area contributed by atoms with Gasteiger partial charge in [0.25, 0.3) is 0 Å². The van der Waals surface area contributed by atoms with Crippen LogP contribution in [0.25, 0.3) is 0 Å². The van der Waals surface area contributed by atoms with Crippen LogP contribution in [0.1, 0.15) is 24.0 Å². The molecule has 0 radical (unpaired) electrons. The van der Waals surface area contributed by atoms with Gasteiger partial charge >= 0.3 is 0 Å². The van der Waals surface area contributed by atoms with Crippen LogP contribution in [0, 0.1) is 0 Å². The van der Waals surface area contributed by atoms with Crippen LogP contribution >= 0.6 is 15.9 Å². The Kier molecular flexibility index (Phi) is 4.11. The Labute approximate surface area is 150 Å². The van der Waals surface area contributed by atoms with Gasteiger partial charge in [0.2, 0.25) is 0 Å². The first-order chi connectivity index (χ1) is 11.6. The minimum absolute atomic E-state index is 0.0801. The second kappa shape index (κ2) is 6.02. The molecule has 2 heterocycles. The van der Waals surface area contributed by atoms with Crippen molar-refractivity contribution in [3.63, 3.8) is 0 Å². The van der Waals surface area contributed by atoms with Gasteiger partial charge in [0.1, 0.15) is 6.10 Å². The maximum atomic E-state index is 10.1. The first-order valence-corrected chi connectivity index (χ1v) is 9.15. The molecule has 2 N–H and O–H groups in total. The predicted molar refractivity (Wildman–Crippen MR) is 93.5 cm³/mol. The lowest BCUT2D eigenvalue weighted by atomic mass is 9.69. The van der Waals surface area contributed by atoms with E-state index >= 15 is 0 Å². The van der Waals surface area contributed by atoms with E-state index in [9.17, 15) is 10.2 Å². The van der Waals surface area contributed by atoms with E-state index in [0.29, 0.717) is 13.0 Å². The molecule has 0 bridgehead atoms. The Balaban J connectivity index is 1.92. The summed E-state index contributed by atoms with van der Waals surface area (Å²) in [6, 6.07) is 1.96. The van der Waals surface area contributed by atoms with Crippen molar-refractivity contribution < 1.29 is 19.7 Å². The van der Waals surface area contributed by atoms with Crippen molar-refractivity contribution in [1.82, 2.24) is 4.90 Å². The van der Waals surface area contributed by atoms with Crippen molar-refractivity contribution in [3.05, 3.63) is 33.8 Å². The van der Waals surface area contributed by atoms with Gasteiger partial charge in [-0.1, -0.05) is 28.1 Å². The van der Waals surface area contributed by atoms with E-state index < -0.39 is 6.10 Å². The van der Waals surface area contributed by atoms with Gasteiger partial charge in [0.05, 0.1) is 25.2 Å². The normalized spacial score (nSPS) is 31.2. The first-order valence-electron chi connectivity index (χ1n) is 8.36. The van der Waals surface area contributed by atoms with Gasteiger partial charge in [-0.25, -0.2) is 0 Å². The number of β-amino-alcohol motifs (C(OH)–C–C–N with tert-alkyl or cyclic N) is 1. The predicted octanol–water partition coefficient (Wildman–Crippen LogP) is 1.98. The van der Waals surface area contributed by atoms with Crippen LogP contribution in [0.3, 0.4) is 0 Å². The number of nitrogens with zero attached hydrogens (tertiary/aromatic N) is 1. The Morgan fingerprint density at radius 3 is 3.08 bits per heavy atom. The average molecular weight is 396 g/mol. The molecule has 3 atom stereocenters. The summed E-state index contributed by atoms with van der Waals surface area (Å²) in [5.41, 5.74) is 2.15. The maximum Gasteiger partial charge on any atom is 0.166 e. The quantitative estimate of drug-likeness (QED) is 0.766. The monoisotopic (exact) mass is 395 g/mol. The second-order valence-corrected chi connectivity index (χ2v) is 7.66. The summed E-state index contributed by atoms with van der Waals surface area (Å²) in [6.45, 7) is 2.45. The Bertz CT molecular complexity index is 692. The van der Waals surface area contributed by atoms with Crippen molar-refractivity contribution in [3.8, 4) is 11.5 Å². The molecular weight excluding hydrogens is 374 g/mol. The van der Waals surface area contributed by atoms with Gasteiger partial charge < -0.3 is 19.7 Å². The van der Waals surface area contributed by atoms with Gasteiger partial charge in [-0.2, -0.15) is 0 Å². The molecule has 1 aromatic carbocycles. The third kappa shape index (κ3) is 2.31. The maximum absolute atomic E-state index is 10.1. The Morgan fingerprint density at radius 1 is 1.50 bits per heavy atom. The summed E-state index contributed by atoms with van der Waals surface area (Å²) in [4.78, 5) is 2.27. The highest BCUT2D eigenvalue weighted by atomic mass is 79.9. The fourth-order valence-electron chi connectivity index (χ4n) is 4.35. The highest BCUT2D eigenvalue weighted by Crippen LogP contribution is 2.57. The third-order valence-corrected chi connectivity index (χ3v) is 6.24. The topological polar surface area (TPSA) is 62.2 Å². The minimum atomic E-state index is -0.468. The number of aliphatic hydroxyl groups is 2. The fraction of sp³-hybridized carbons (Fsp3) is 0.556. The zero-order valence-electron chi connectivity index (χ0n) is 13.7. The second-order valence-electron chi connectivity index (χ2n) is 6.80. The van der Waals surface area contributed by atoms with E-state index in [-0.39, 0.29) is 18.1 Å². The molecule has 1 spiro atoms. The van der Waals surface area contributed by atoms with Crippen molar-refractivity contribution in [2.24, 2.45) is 0 Å². The molecule has 24 heavy (non-hydrogen) atoms. The highest BCUT2D eigenvalue weighted by molar-refractivity contribution is 9.10. The molecule has 1 aromatic rings. The highest BCUT2D eigenvalue weighted by Gasteiger charge is 2.53. The molecular formula is C18H22BrNO4. The number of aliphatic hydroxyl groups excluding tert-OH is 2. The molecule has 1 aliphatic carbocycles. The zero-order chi connectivity index (χ0) is 16.9. The average Bonchev–Trinajstić information content (AvgIpc) is 2.79. The smallest absolute Gasteiger partial charge is 0.166 e. The standard InChI is InChI=1S/C18H22BrNO4/c1-23-14-9-13(19)12-10-20(6-7-21)5-4-18-3-2-11(22)8-15(18)24-17(14)16(12)18/h2-3,9,11,15,21-22H,4-8,10H2,1H3/t11?,15-,18?/m1/s1. The van der Waals surface area contributed by atoms with E-state index in [4.69, 9.17) is 9.47 Å². The van der Waals surface area contributed by atoms with Crippen LogP contribution in [0.2, 0.25) is 0 Å². The summed E-state index contributed by atoms with van der Waals surface area (Å²) in [7, 11) is 1.65. The lowest BCUT2D eigenvalue weighted by molar-refractivity contribution is 0.0799. The molecule has 0 fully saturated rings. The summed E-state index contributed by atoms with van der Waals surface area (Å²) >= 11 is 3.70. The summed E-state index contributed by atoms with van der Waals surface area (Å²) < 4.78 is 12.9. The van der Waals surface area contributed by atoms with E-state index in [1.807, 2.05) is 12.1 Å². The molecule has 3 aliphatic rings. The molecule has 4 rings (SSSR count). The van der Waals surface area contributed by atoms with Crippen molar-refractivity contribution in [2.45, 2.75) is 37.0 Å². The lowest BCUT2D eigenvalue weighted by Gasteiger charge is -2.35. The third-order valence-electron chi connectivity index (χ3n) is 5.53. The Morgan fingerprint density at radius 2 is 2.33 bits per heavy atom. The fourth-order valence-corrected chi connectivity index (χ4v) is 4.88. The van der Waals surface area contributed by atoms with E-state index in [1.165, 1.54) is 11.1 Å². The van der Waals surface area contributed by atoms with Crippen molar-refractivity contribution in [1.29, 1.82) is 0 Å². The number of methoxy groups -OCH3 is 1. The van der Waals surface area contributed by atoms with Gasteiger partial charge in [0.15, 0.2) is 11.5 Å². The SMILES string of the molecule is COc1cc(Br)c2c3c1O[C@@H]1CC(O)C=CC31CCN(CCO)C2. The van der Waals surface area contributed by atoms with Crippen LogP contribution in [-0.4, -0.2) is 54.1 Å². The molecule has 0 amide bonds. The minimum Gasteiger partial charge on any atom is -0.493 e. The lowest BCUT2D eigenvalue weighted by Crippen LogP contribution is -2.43. The van der Waals surface area contributed by atoms with Gasteiger partial charge in [0, 0.05) is 29.5 Å². The molecule has 0 saturated carbocycles. The van der Waals surface area contributed by atoms with E-state index in [0.717, 1.165) is 35.5 Å². The molecule has 0 saturated heterocycles. The number of hydrogen-bond donors (Lipinski definition) is 2. The number of halogens is 1. The van der Waals surface area contributed by atoms with Gasteiger partial charge in [-0.05, 0) is 24.6 Å². The van der Waals surface area contributed by atoms with Gasteiger partial charge in [-0.15, -0.1) is 0 Å². The molecule has 2 aliphatic heterocycles. The number of ether oxygens (including phenoxy) is 2. The molecule has 6 heteroatoms. The summed E-state index contributed by atoms with van der Waals surface area (Å²) in [5.74, 6) is 1.54. The number of hydrogen-bond acceptors (Lipinski definition) is 5.